The Morgan fingerprint density at radius 1 is 1.29 bits per heavy atom. The van der Waals surface area contributed by atoms with Crippen LogP contribution in [0.5, 0.6) is 0 Å². The zero-order chi connectivity index (χ0) is 19.3. The maximum Gasteiger partial charge on any atom is 0.251 e. The number of benzene rings is 1. The Morgan fingerprint density at radius 3 is 2.75 bits per heavy atom. The second-order valence-electron chi connectivity index (χ2n) is 8.18. The van der Waals surface area contributed by atoms with Crippen LogP contribution in [0.2, 0.25) is 0 Å². The maximum atomic E-state index is 12.5. The van der Waals surface area contributed by atoms with Gasteiger partial charge in [-0.2, -0.15) is 4.98 Å². The molecule has 1 aliphatic rings. The molecule has 7 nitrogen and oxygen atoms in total. The number of hydrogen-bond donors (Lipinski definition) is 2. The number of carbonyl (C=O) groups is 1. The fourth-order valence-electron chi connectivity index (χ4n) is 3.06. The van der Waals surface area contributed by atoms with E-state index in [4.69, 9.17) is 4.52 Å². The van der Waals surface area contributed by atoms with Gasteiger partial charge in [0.25, 0.3) is 5.91 Å². The summed E-state index contributed by atoms with van der Waals surface area (Å²) in [5, 5.41) is 10.4. The van der Waals surface area contributed by atoms with Crippen molar-refractivity contribution in [3.63, 3.8) is 0 Å². The SMILES string of the molecule is CC(C)(C)Cc1nc(-c2cccc(C(=O)NCCN3CCNCC3)c2)no1.Cl. The van der Waals surface area contributed by atoms with Gasteiger partial charge in [0.05, 0.1) is 0 Å². The van der Waals surface area contributed by atoms with E-state index in [9.17, 15) is 4.79 Å². The lowest BCUT2D eigenvalue weighted by Gasteiger charge is -2.27. The summed E-state index contributed by atoms with van der Waals surface area (Å²) in [6.07, 6.45) is 0.714. The molecule has 0 radical (unpaired) electrons. The average molecular weight is 408 g/mol. The summed E-state index contributed by atoms with van der Waals surface area (Å²) in [4.78, 5) is 19.3. The second-order valence-corrected chi connectivity index (χ2v) is 8.18. The van der Waals surface area contributed by atoms with Crippen molar-refractivity contribution in [2.45, 2.75) is 27.2 Å². The van der Waals surface area contributed by atoms with Crippen molar-refractivity contribution in [1.82, 2.24) is 25.7 Å². The van der Waals surface area contributed by atoms with E-state index in [0.29, 0.717) is 30.2 Å². The summed E-state index contributed by atoms with van der Waals surface area (Å²) < 4.78 is 5.36. The molecule has 0 unspecified atom stereocenters. The highest BCUT2D eigenvalue weighted by atomic mass is 35.5. The normalized spacial score (nSPS) is 15.1. The molecular formula is C20H30ClN5O2. The average Bonchev–Trinajstić information content (AvgIpc) is 3.09. The number of amides is 1. The van der Waals surface area contributed by atoms with Crippen LogP contribution in [-0.2, 0) is 6.42 Å². The van der Waals surface area contributed by atoms with E-state index in [-0.39, 0.29) is 23.7 Å². The molecule has 1 aliphatic heterocycles. The molecule has 1 aromatic heterocycles. The van der Waals surface area contributed by atoms with Crippen LogP contribution in [0.1, 0.15) is 37.0 Å². The van der Waals surface area contributed by atoms with Crippen LogP contribution in [0.4, 0.5) is 0 Å². The number of rotatable bonds is 6. The van der Waals surface area contributed by atoms with Gasteiger partial charge in [-0.1, -0.05) is 38.1 Å². The number of piperazine rings is 1. The fourth-order valence-corrected chi connectivity index (χ4v) is 3.06. The molecule has 1 amide bonds. The standard InChI is InChI=1S/C20H29N5O2.ClH/c1-20(2,3)14-17-23-18(24-27-17)15-5-4-6-16(13-15)19(26)22-9-12-25-10-7-21-8-11-25;/h4-6,13,21H,7-12,14H2,1-3H3,(H,22,26);1H. The lowest BCUT2D eigenvalue weighted by Crippen LogP contribution is -2.46. The molecule has 154 valence electrons. The van der Waals surface area contributed by atoms with E-state index >= 15 is 0 Å². The molecule has 2 aromatic rings. The number of aromatic nitrogens is 2. The third kappa shape index (κ3) is 6.58. The van der Waals surface area contributed by atoms with Crippen molar-refractivity contribution in [2.75, 3.05) is 39.3 Å². The molecule has 1 aromatic carbocycles. The summed E-state index contributed by atoms with van der Waals surface area (Å²) in [6, 6.07) is 7.36. The van der Waals surface area contributed by atoms with Gasteiger partial charge in [-0.05, 0) is 17.5 Å². The van der Waals surface area contributed by atoms with Gasteiger partial charge in [-0.25, -0.2) is 0 Å². The van der Waals surface area contributed by atoms with E-state index in [0.717, 1.165) is 38.3 Å². The highest BCUT2D eigenvalue weighted by Crippen LogP contribution is 2.22. The topological polar surface area (TPSA) is 83.3 Å². The van der Waals surface area contributed by atoms with E-state index < -0.39 is 0 Å². The molecule has 3 rings (SSSR count). The minimum Gasteiger partial charge on any atom is -0.351 e. The Morgan fingerprint density at radius 2 is 2.04 bits per heavy atom. The molecule has 0 atom stereocenters. The molecule has 0 aliphatic carbocycles. The zero-order valence-corrected chi connectivity index (χ0v) is 17.6. The first-order valence-corrected chi connectivity index (χ1v) is 9.55. The third-order valence-electron chi connectivity index (χ3n) is 4.46. The van der Waals surface area contributed by atoms with E-state index in [1.165, 1.54) is 0 Å². The summed E-state index contributed by atoms with van der Waals surface area (Å²) in [6.45, 7) is 12.0. The molecule has 2 N–H and O–H groups in total. The van der Waals surface area contributed by atoms with E-state index in [1.807, 2.05) is 18.2 Å². The lowest BCUT2D eigenvalue weighted by molar-refractivity contribution is 0.0947. The van der Waals surface area contributed by atoms with Gasteiger partial charge in [0, 0.05) is 56.8 Å². The van der Waals surface area contributed by atoms with Crippen molar-refractivity contribution < 1.29 is 9.32 Å². The van der Waals surface area contributed by atoms with Gasteiger partial charge >= 0.3 is 0 Å². The number of halogens is 1. The van der Waals surface area contributed by atoms with Gasteiger partial charge in [-0.3, -0.25) is 9.69 Å². The Hall–Kier alpha value is -1.96. The van der Waals surface area contributed by atoms with Crippen molar-refractivity contribution in [3.05, 3.63) is 35.7 Å². The quantitative estimate of drug-likeness (QED) is 0.764. The van der Waals surface area contributed by atoms with Gasteiger partial charge in [0.1, 0.15) is 0 Å². The predicted molar refractivity (Wildman–Crippen MR) is 112 cm³/mol. The summed E-state index contributed by atoms with van der Waals surface area (Å²) in [5.41, 5.74) is 1.47. The Balaban J connectivity index is 0.00000280. The number of carbonyl (C=O) groups excluding carboxylic acids is 1. The summed E-state index contributed by atoms with van der Waals surface area (Å²) >= 11 is 0. The molecule has 1 fully saturated rings. The minimum absolute atomic E-state index is 0. The highest BCUT2D eigenvalue weighted by Gasteiger charge is 2.18. The Kier molecular flexibility index (Phi) is 7.98. The molecule has 8 heteroatoms. The Labute approximate surface area is 172 Å². The minimum atomic E-state index is -0.0783. The van der Waals surface area contributed by atoms with Crippen molar-refractivity contribution in [2.24, 2.45) is 5.41 Å². The zero-order valence-electron chi connectivity index (χ0n) is 16.8. The molecule has 28 heavy (non-hydrogen) atoms. The number of hydrogen-bond acceptors (Lipinski definition) is 6. The van der Waals surface area contributed by atoms with Gasteiger partial charge in [-0.15, -0.1) is 12.4 Å². The first-order valence-electron chi connectivity index (χ1n) is 9.55. The van der Waals surface area contributed by atoms with E-state index in [2.05, 4.69) is 46.4 Å². The molecule has 0 spiro atoms. The van der Waals surface area contributed by atoms with Crippen LogP contribution in [0, 0.1) is 5.41 Å². The van der Waals surface area contributed by atoms with Crippen molar-refractivity contribution >= 4 is 18.3 Å². The largest absolute Gasteiger partial charge is 0.351 e. The first-order chi connectivity index (χ1) is 12.9. The van der Waals surface area contributed by atoms with Crippen LogP contribution < -0.4 is 10.6 Å². The van der Waals surface area contributed by atoms with Crippen molar-refractivity contribution in [1.29, 1.82) is 0 Å². The third-order valence-corrected chi connectivity index (χ3v) is 4.46. The lowest BCUT2D eigenvalue weighted by atomic mass is 9.92. The molecule has 0 saturated carbocycles. The molecule has 2 heterocycles. The van der Waals surface area contributed by atoms with Crippen LogP contribution in [0.15, 0.2) is 28.8 Å². The summed E-state index contributed by atoms with van der Waals surface area (Å²) in [5.74, 6) is 1.05. The fraction of sp³-hybridized carbons (Fsp3) is 0.550. The smallest absolute Gasteiger partial charge is 0.251 e. The van der Waals surface area contributed by atoms with Gasteiger partial charge in [0.15, 0.2) is 0 Å². The summed E-state index contributed by atoms with van der Waals surface area (Å²) in [7, 11) is 0. The predicted octanol–water partition coefficient (Wildman–Crippen LogP) is 2.38. The molecule has 0 bridgehead atoms. The van der Waals surface area contributed by atoms with E-state index in [1.54, 1.807) is 6.07 Å². The number of nitrogens with zero attached hydrogens (tertiary/aromatic N) is 3. The van der Waals surface area contributed by atoms with Crippen LogP contribution in [0.3, 0.4) is 0 Å². The first kappa shape index (κ1) is 22.3. The second kappa shape index (κ2) is 10.0. The van der Waals surface area contributed by atoms with Gasteiger partial charge in [0.2, 0.25) is 11.7 Å². The van der Waals surface area contributed by atoms with Crippen LogP contribution in [-0.4, -0.2) is 60.2 Å². The van der Waals surface area contributed by atoms with Gasteiger partial charge < -0.3 is 15.2 Å². The molecular weight excluding hydrogens is 378 g/mol. The highest BCUT2D eigenvalue weighted by molar-refractivity contribution is 5.95. The van der Waals surface area contributed by atoms with Crippen LogP contribution >= 0.6 is 12.4 Å². The van der Waals surface area contributed by atoms with Crippen LogP contribution in [0.25, 0.3) is 11.4 Å². The monoisotopic (exact) mass is 407 g/mol. The Bertz CT molecular complexity index is 766. The van der Waals surface area contributed by atoms with Crippen molar-refractivity contribution in [3.8, 4) is 11.4 Å². The molecule has 1 saturated heterocycles. The maximum absolute atomic E-state index is 12.5. The number of nitrogens with one attached hydrogen (secondary N) is 2.